The highest BCUT2D eigenvalue weighted by molar-refractivity contribution is 5.86. The van der Waals surface area contributed by atoms with Gasteiger partial charge in [0.1, 0.15) is 17.1 Å². The lowest BCUT2D eigenvalue weighted by molar-refractivity contribution is -0.274. The number of rotatable bonds is 5. The van der Waals surface area contributed by atoms with E-state index < -0.39 is 11.8 Å². The summed E-state index contributed by atoms with van der Waals surface area (Å²) in [4.78, 5) is 17.0. The van der Waals surface area contributed by atoms with E-state index in [9.17, 15) is 18.0 Å². The summed E-state index contributed by atoms with van der Waals surface area (Å²) in [6.45, 7) is 5.58. The van der Waals surface area contributed by atoms with Crippen molar-refractivity contribution in [2.75, 3.05) is 13.1 Å². The first-order valence-corrected chi connectivity index (χ1v) is 8.63. The van der Waals surface area contributed by atoms with Crippen LogP contribution in [0.25, 0.3) is 5.52 Å². The van der Waals surface area contributed by atoms with Crippen molar-refractivity contribution >= 4 is 11.3 Å². The molecule has 8 heteroatoms. The minimum Gasteiger partial charge on any atom is -0.403 e. The highest BCUT2D eigenvalue weighted by Gasteiger charge is 2.56. The quantitative estimate of drug-likeness (QED) is 0.883. The normalized spacial score (nSPS) is 25.3. The van der Waals surface area contributed by atoms with E-state index in [-0.39, 0.29) is 23.0 Å². The Balaban J connectivity index is 1.59. The third-order valence-electron chi connectivity index (χ3n) is 5.44. The summed E-state index contributed by atoms with van der Waals surface area (Å²) < 4.78 is 43.4. The smallest absolute Gasteiger partial charge is 0.403 e. The molecule has 26 heavy (non-hydrogen) atoms. The fourth-order valence-electron chi connectivity index (χ4n) is 4.24. The predicted molar refractivity (Wildman–Crippen MR) is 87.9 cm³/mol. The van der Waals surface area contributed by atoms with Crippen LogP contribution in [0.5, 0.6) is 5.75 Å². The number of halogens is 3. The number of aromatic nitrogens is 2. The van der Waals surface area contributed by atoms with Crippen LogP contribution in [0, 0.1) is 17.8 Å². The van der Waals surface area contributed by atoms with Crippen molar-refractivity contribution in [3.05, 3.63) is 30.4 Å². The lowest BCUT2D eigenvalue weighted by atomic mass is 9.84. The Kier molecular flexibility index (Phi) is 3.80. The monoisotopic (exact) mass is 367 g/mol. The second-order valence-electron chi connectivity index (χ2n) is 7.80. The first-order chi connectivity index (χ1) is 12.2. The average Bonchev–Trinajstić information content (AvgIpc) is 2.88. The third-order valence-corrected chi connectivity index (χ3v) is 5.44. The number of fused-ring (bicyclic) bond motifs is 2. The summed E-state index contributed by atoms with van der Waals surface area (Å²) in [6.07, 6.45) is -1.45. The second kappa shape index (κ2) is 5.70. The van der Waals surface area contributed by atoms with Gasteiger partial charge in [0.05, 0.1) is 6.20 Å². The molecule has 2 aromatic heterocycles. The van der Waals surface area contributed by atoms with Gasteiger partial charge in [0.15, 0.2) is 5.75 Å². The number of ketones is 1. The number of imidazole rings is 1. The summed E-state index contributed by atoms with van der Waals surface area (Å²) in [6, 6.07) is 2.74. The van der Waals surface area contributed by atoms with Gasteiger partial charge < -0.3 is 10.1 Å². The fourth-order valence-corrected chi connectivity index (χ4v) is 4.24. The number of pyridine rings is 1. The molecule has 0 bridgehead atoms. The van der Waals surface area contributed by atoms with E-state index >= 15 is 0 Å². The fraction of sp³-hybridized carbons (Fsp3) is 0.556. The zero-order chi connectivity index (χ0) is 18.7. The molecular formula is C18H20F3N3O2. The first-order valence-electron chi connectivity index (χ1n) is 8.63. The molecule has 0 radical (unpaired) electrons. The summed E-state index contributed by atoms with van der Waals surface area (Å²) >= 11 is 0. The number of nitrogens with zero attached hydrogens (tertiary/aromatic N) is 2. The molecule has 1 saturated heterocycles. The molecule has 1 aliphatic carbocycles. The average molecular weight is 367 g/mol. The number of carbonyl (C=O) groups excluding carboxylic acids is 1. The lowest BCUT2D eigenvalue weighted by Crippen LogP contribution is -2.28. The Bertz CT molecular complexity index is 849. The van der Waals surface area contributed by atoms with Crippen LogP contribution >= 0.6 is 0 Å². The molecule has 140 valence electrons. The van der Waals surface area contributed by atoms with Crippen LogP contribution < -0.4 is 10.1 Å². The molecule has 4 rings (SSSR count). The van der Waals surface area contributed by atoms with Crippen molar-refractivity contribution in [3.8, 4) is 5.75 Å². The molecule has 0 spiro atoms. The highest BCUT2D eigenvalue weighted by Crippen LogP contribution is 2.50. The Morgan fingerprint density at radius 1 is 1.35 bits per heavy atom. The minimum absolute atomic E-state index is 0.117. The Morgan fingerprint density at radius 3 is 2.69 bits per heavy atom. The number of piperidine rings is 1. The van der Waals surface area contributed by atoms with E-state index in [0.717, 1.165) is 13.1 Å². The van der Waals surface area contributed by atoms with E-state index in [1.54, 1.807) is 10.6 Å². The van der Waals surface area contributed by atoms with Crippen molar-refractivity contribution in [1.82, 2.24) is 14.7 Å². The molecule has 1 saturated carbocycles. The third kappa shape index (κ3) is 2.96. The van der Waals surface area contributed by atoms with E-state index in [1.165, 1.54) is 18.3 Å². The van der Waals surface area contributed by atoms with Gasteiger partial charge in [-0.05, 0) is 37.1 Å². The molecule has 3 heterocycles. The molecule has 1 unspecified atom stereocenters. The summed E-state index contributed by atoms with van der Waals surface area (Å²) in [5, 5.41) is 3.27. The minimum atomic E-state index is -4.77. The first kappa shape index (κ1) is 17.3. The molecule has 1 aliphatic heterocycles. The van der Waals surface area contributed by atoms with Crippen LogP contribution in [-0.2, 0) is 10.2 Å². The number of hydrogen-bond acceptors (Lipinski definition) is 4. The molecule has 1 N–H and O–H groups in total. The van der Waals surface area contributed by atoms with Crippen molar-refractivity contribution in [2.45, 2.75) is 32.0 Å². The van der Waals surface area contributed by atoms with Gasteiger partial charge in [0.2, 0.25) is 0 Å². The Hall–Kier alpha value is -2.09. The van der Waals surface area contributed by atoms with Crippen LogP contribution in [0.15, 0.2) is 24.5 Å². The van der Waals surface area contributed by atoms with Crippen LogP contribution in [0.3, 0.4) is 0 Å². The standard InChI is InChI=1S/C18H20F3N3O2/c1-17(2,6-13(25)15-10-7-22-8-11(10)15)16-23-9-12-14(26-18(19,20)21)4-3-5-24(12)16/h3-5,9-11,15,22H,6-8H2,1-2H3/t10-,11+,15?. The molecule has 2 fully saturated rings. The maximum absolute atomic E-state index is 12.7. The molecule has 2 aromatic rings. The van der Waals surface area contributed by atoms with Crippen LogP contribution in [0.1, 0.15) is 26.1 Å². The molecule has 5 nitrogen and oxygen atoms in total. The van der Waals surface area contributed by atoms with Crippen molar-refractivity contribution in [3.63, 3.8) is 0 Å². The van der Waals surface area contributed by atoms with Gasteiger partial charge in [0, 0.05) is 24.0 Å². The van der Waals surface area contributed by atoms with Gasteiger partial charge in [-0.15, -0.1) is 13.2 Å². The SMILES string of the molecule is CC(C)(CC(=O)C1[C@H]2CNC[C@@H]12)c1ncc2c(OC(F)(F)F)cccn12. The number of hydrogen-bond donors (Lipinski definition) is 1. The number of nitrogens with one attached hydrogen (secondary N) is 1. The second-order valence-corrected chi connectivity index (χ2v) is 7.80. The topological polar surface area (TPSA) is 55.6 Å². The van der Waals surface area contributed by atoms with Crippen molar-refractivity contribution in [1.29, 1.82) is 0 Å². The highest BCUT2D eigenvalue weighted by atomic mass is 19.4. The number of Topliss-reactive ketones (excluding diaryl/α,β-unsaturated/α-hetero) is 1. The Labute approximate surface area is 148 Å². The van der Waals surface area contributed by atoms with E-state index in [0.29, 0.717) is 24.1 Å². The van der Waals surface area contributed by atoms with Crippen molar-refractivity contribution in [2.24, 2.45) is 17.8 Å². The summed E-state index contributed by atoms with van der Waals surface area (Å²) in [5.41, 5.74) is -0.363. The van der Waals surface area contributed by atoms with Gasteiger partial charge >= 0.3 is 6.36 Å². The van der Waals surface area contributed by atoms with E-state index in [1.807, 2.05) is 13.8 Å². The lowest BCUT2D eigenvalue weighted by Gasteiger charge is -2.23. The van der Waals surface area contributed by atoms with Crippen molar-refractivity contribution < 1.29 is 22.7 Å². The largest absolute Gasteiger partial charge is 0.573 e. The maximum atomic E-state index is 12.7. The maximum Gasteiger partial charge on any atom is 0.573 e. The molecular weight excluding hydrogens is 347 g/mol. The number of alkyl halides is 3. The van der Waals surface area contributed by atoms with E-state index in [2.05, 4.69) is 15.0 Å². The number of carbonyl (C=O) groups is 1. The van der Waals surface area contributed by atoms with Gasteiger partial charge in [-0.3, -0.25) is 9.20 Å². The van der Waals surface area contributed by atoms with E-state index in [4.69, 9.17) is 0 Å². The van der Waals surface area contributed by atoms with Crippen LogP contribution in [-0.4, -0.2) is 34.6 Å². The van der Waals surface area contributed by atoms with Gasteiger partial charge in [0.25, 0.3) is 0 Å². The number of ether oxygens (including phenoxy) is 1. The zero-order valence-corrected chi connectivity index (χ0v) is 14.5. The molecule has 0 amide bonds. The van der Waals surface area contributed by atoms with Crippen LogP contribution in [0.4, 0.5) is 13.2 Å². The summed E-state index contributed by atoms with van der Waals surface area (Å²) in [5.74, 6) is 1.47. The van der Waals surface area contributed by atoms with Gasteiger partial charge in [-0.2, -0.15) is 0 Å². The predicted octanol–water partition coefficient (Wildman–Crippen LogP) is 2.94. The van der Waals surface area contributed by atoms with Gasteiger partial charge in [-0.25, -0.2) is 4.98 Å². The zero-order valence-electron chi connectivity index (χ0n) is 14.5. The molecule has 2 aliphatic rings. The molecule has 0 aromatic carbocycles. The molecule has 3 atom stereocenters. The van der Waals surface area contributed by atoms with Gasteiger partial charge in [-0.1, -0.05) is 13.8 Å². The summed E-state index contributed by atoms with van der Waals surface area (Å²) in [7, 11) is 0. The Morgan fingerprint density at radius 2 is 2.04 bits per heavy atom. The van der Waals surface area contributed by atoms with Crippen LogP contribution in [0.2, 0.25) is 0 Å².